The number of carbonyl (C=O) groups excluding carboxylic acids is 1. The lowest BCUT2D eigenvalue weighted by Gasteiger charge is -2.25. The maximum Gasteiger partial charge on any atom is 0.246 e. The molecule has 0 aromatic carbocycles. The Morgan fingerprint density at radius 3 is 2.92 bits per heavy atom. The van der Waals surface area contributed by atoms with Gasteiger partial charge in [-0.3, -0.25) is 4.79 Å². The van der Waals surface area contributed by atoms with E-state index in [0.29, 0.717) is 12.6 Å². The predicted octanol–water partition coefficient (Wildman–Crippen LogP) is 0.0705. The highest BCUT2D eigenvalue weighted by molar-refractivity contribution is 5.77. The van der Waals surface area contributed by atoms with Crippen LogP contribution in [0.4, 0.5) is 0 Å². The van der Waals surface area contributed by atoms with Crippen molar-refractivity contribution in [1.29, 1.82) is 0 Å². The molecular formula is C9H15NO3. The topological polar surface area (TPSA) is 47.6 Å². The summed E-state index contributed by atoms with van der Waals surface area (Å²) in [7, 11) is 0. The smallest absolute Gasteiger partial charge is 0.246 e. The van der Waals surface area contributed by atoms with Gasteiger partial charge in [-0.25, -0.2) is 0 Å². The van der Waals surface area contributed by atoms with Gasteiger partial charge in [0.2, 0.25) is 5.91 Å². The fourth-order valence-corrected chi connectivity index (χ4v) is 1.81. The van der Waals surface area contributed by atoms with E-state index in [2.05, 4.69) is 5.32 Å². The average Bonchev–Trinajstić information content (AvgIpc) is 2.62. The summed E-state index contributed by atoms with van der Waals surface area (Å²) in [6.07, 6.45) is 3.71. The third kappa shape index (κ3) is 2.42. The van der Waals surface area contributed by atoms with Gasteiger partial charge in [-0.2, -0.15) is 0 Å². The largest absolute Gasteiger partial charge is 0.378 e. The van der Waals surface area contributed by atoms with Crippen LogP contribution in [-0.2, 0) is 14.3 Å². The molecule has 4 nitrogen and oxygen atoms in total. The summed E-state index contributed by atoms with van der Waals surface area (Å²) in [6, 6.07) is 0. The maximum absolute atomic E-state index is 10.8. The van der Waals surface area contributed by atoms with Gasteiger partial charge in [-0.15, -0.1) is 0 Å². The predicted molar refractivity (Wildman–Crippen MR) is 46.3 cm³/mol. The first kappa shape index (κ1) is 8.97. The molecule has 0 spiro atoms. The van der Waals surface area contributed by atoms with Crippen LogP contribution in [0, 0.1) is 0 Å². The molecule has 2 saturated heterocycles. The van der Waals surface area contributed by atoms with Gasteiger partial charge in [-0.05, 0) is 12.8 Å². The van der Waals surface area contributed by atoms with Crippen molar-refractivity contribution in [3.63, 3.8) is 0 Å². The Bertz CT molecular complexity index is 179. The number of amides is 1. The Morgan fingerprint density at radius 1 is 1.38 bits per heavy atom. The molecule has 4 heteroatoms. The average molecular weight is 185 g/mol. The normalized spacial score (nSPS) is 34.6. The van der Waals surface area contributed by atoms with Gasteiger partial charge in [0.15, 0.2) is 0 Å². The summed E-state index contributed by atoms with van der Waals surface area (Å²) in [6.45, 7) is 1.72. The number of carbonyl (C=O) groups is 1. The molecule has 0 radical (unpaired) electrons. The Labute approximate surface area is 77.6 Å². The number of rotatable bonds is 2. The molecule has 2 unspecified atom stereocenters. The van der Waals surface area contributed by atoms with Crippen LogP contribution >= 0.6 is 0 Å². The van der Waals surface area contributed by atoms with Crippen molar-refractivity contribution >= 4 is 5.91 Å². The second-order valence-corrected chi connectivity index (χ2v) is 3.61. The van der Waals surface area contributed by atoms with Crippen molar-refractivity contribution in [2.75, 3.05) is 19.8 Å². The van der Waals surface area contributed by atoms with Crippen molar-refractivity contribution in [3.8, 4) is 0 Å². The van der Waals surface area contributed by atoms with Crippen LogP contribution in [0.2, 0.25) is 0 Å². The van der Waals surface area contributed by atoms with Crippen LogP contribution in [0.15, 0.2) is 0 Å². The highest BCUT2D eigenvalue weighted by atomic mass is 16.5. The molecule has 2 heterocycles. The van der Waals surface area contributed by atoms with Crippen molar-refractivity contribution in [1.82, 2.24) is 5.32 Å². The molecule has 0 aromatic rings. The fraction of sp³-hybridized carbons (Fsp3) is 0.889. The van der Waals surface area contributed by atoms with E-state index in [1.165, 1.54) is 0 Å². The van der Waals surface area contributed by atoms with E-state index in [0.717, 1.165) is 25.9 Å². The fourth-order valence-electron chi connectivity index (χ4n) is 1.81. The molecule has 0 aromatic heterocycles. The summed E-state index contributed by atoms with van der Waals surface area (Å²) in [5.74, 6) is -0.0106. The summed E-state index contributed by atoms with van der Waals surface area (Å²) in [5.41, 5.74) is 0. The van der Waals surface area contributed by atoms with E-state index in [1.807, 2.05) is 0 Å². The minimum absolute atomic E-state index is 0.0106. The number of hydrogen-bond acceptors (Lipinski definition) is 3. The van der Waals surface area contributed by atoms with E-state index in [9.17, 15) is 4.79 Å². The lowest BCUT2D eigenvalue weighted by molar-refractivity contribution is -0.134. The zero-order chi connectivity index (χ0) is 9.10. The molecular weight excluding hydrogens is 170 g/mol. The third-order valence-electron chi connectivity index (χ3n) is 2.53. The van der Waals surface area contributed by atoms with Crippen LogP contribution in [0.5, 0.6) is 0 Å². The zero-order valence-electron chi connectivity index (χ0n) is 7.62. The van der Waals surface area contributed by atoms with Gasteiger partial charge in [0.1, 0.15) is 6.61 Å². The van der Waals surface area contributed by atoms with Gasteiger partial charge in [-0.1, -0.05) is 0 Å². The minimum atomic E-state index is -0.0106. The van der Waals surface area contributed by atoms with Gasteiger partial charge < -0.3 is 14.8 Å². The highest BCUT2D eigenvalue weighted by Crippen LogP contribution is 2.18. The van der Waals surface area contributed by atoms with E-state index >= 15 is 0 Å². The molecule has 2 aliphatic rings. The van der Waals surface area contributed by atoms with Gasteiger partial charge in [0, 0.05) is 19.6 Å². The molecule has 2 fully saturated rings. The molecule has 1 amide bonds. The number of nitrogens with one attached hydrogen (secondary N) is 1. The van der Waals surface area contributed by atoms with Crippen LogP contribution in [0.3, 0.4) is 0 Å². The van der Waals surface area contributed by atoms with Crippen molar-refractivity contribution < 1.29 is 14.3 Å². The number of hydrogen-bond donors (Lipinski definition) is 1. The molecule has 0 aliphatic carbocycles. The quantitative estimate of drug-likeness (QED) is 0.662. The van der Waals surface area contributed by atoms with Gasteiger partial charge >= 0.3 is 0 Å². The van der Waals surface area contributed by atoms with E-state index in [-0.39, 0.29) is 18.6 Å². The summed E-state index contributed by atoms with van der Waals surface area (Å²) in [5, 5.41) is 2.79. The second-order valence-electron chi connectivity index (χ2n) is 3.61. The van der Waals surface area contributed by atoms with E-state index < -0.39 is 0 Å². The van der Waals surface area contributed by atoms with Crippen molar-refractivity contribution in [2.45, 2.75) is 31.5 Å². The first-order valence-corrected chi connectivity index (χ1v) is 4.84. The molecule has 0 saturated carbocycles. The first-order valence-electron chi connectivity index (χ1n) is 4.84. The molecule has 74 valence electrons. The Kier molecular flexibility index (Phi) is 2.80. The summed E-state index contributed by atoms with van der Waals surface area (Å²) >= 11 is 0. The monoisotopic (exact) mass is 185 g/mol. The van der Waals surface area contributed by atoms with Crippen LogP contribution in [0.1, 0.15) is 19.3 Å². The Hall–Kier alpha value is -0.610. The van der Waals surface area contributed by atoms with Crippen molar-refractivity contribution in [2.24, 2.45) is 0 Å². The Balaban J connectivity index is 1.72. The molecule has 2 rings (SSSR count). The molecule has 2 atom stereocenters. The molecule has 1 N–H and O–H groups in total. The van der Waals surface area contributed by atoms with E-state index in [1.54, 1.807) is 0 Å². The van der Waals surface area contributed by atoms with Crippen LogP contribution in [0.25, 0.3) is 0 Å². The molecule has 2 aliphatic heterocycles. The molecule has 13 heavy (non-hydrogen) atoms. The summed E-state index contributed by atoms with van der Waals surface area (Å²) in [4.78, 5) is 10.8. The van der Waals surface area contributed by atoms with Gasteiger partial charge in [0.05, 0.1) is 12.2 Å². The van der Waals surface area contributed by atoms with Crippen molar-refractivity contribution in [3.05, 3.63) is 0 Å². The number of ether oxygens (including phenoxy) is 2. The minimum Gasteiger partial charge on any atom is -0.378 e. The molecule has 0 bridgehead atoms. The second kappa shape index (κ2) is 4.07. The zero-order valence-corrected chi connectivity index (χ0v) is 7.62. The van der Waals surface area contributed by atoms with Crippen LogP contribution < -0.4 is 5.32 Å². The number of morpholine rings is 1. The van der Waals surface area contributed by atoms with Crippen LogP contribution in [-0.4, -0.2) is 37.9 Å². The standard InChI is InChI=1S/C9H15NO3/c11-9-6-13-8(5-10-9)4-7-2-1-3-12-7/h7-8H,1-6H2,(H,10,11). The lowest BCUT2D eigenvalue weighted by Crippen LogP contribution is -2.44. The third-order valence-corrected chi connectivity index (χ3v) is 2.53. The lowest BCUT2D eigenvalue weighted by atomic mass is 10.1. The maximum atomic E-state index is 10.8. The van der Waals surface area contributed by atoms with E-state index in [4.69, 9.17) is 9.47 Å². The Morgan fingerprint density at radius 2 is 2.31 bits per heavy atom. The first-order chi connectivity index (χ1) is 6.34. The SMILES string of the molecule is O=C1COC(CC2CCCO2)CN1. The van der Waals surface area contributed by atoms with Gasteiger partial charge in [0.25, 0.3) is 0 Å². The highest BCUT2D eigenvalue weighted by Gasteiger charge is 2.24. The summed E-state index contributed by atoms with van der Waals surface area (Å²) < 4.78 is 10.8.